The Morgan fingerprint density at radius 2 is 2.00 bits per heavy atom. The molecule has 0 spiro atoms. The SMILES string of the molecule is c1ccc(C2(Nc3nccs3)CC2)cc1. The first-order valence-corrected chi connectivity index (χ1v) is 6.00. The van der Waals surface area contributed by atoms with Gasteiger partial charge in [-0.05, 0) is 18.4 Å². The van der Waals surface area contributed by atoms with Crippen molar-refractivity contribution < 1.29 is 0 Å². The third-order valence-corrected chi connectivity index (χ3v) is 3.54. The molecule has 1 aromatic carbocycles. The van der Waals surface area contributed by atoms with E-state index in [-0.39, 0.29) is 5.54 Å². The zero-order valence-electron chi connectivity index (χ0n) is 8.31. The smallest absolute Gasteiger partial charge is 0.183 e. The molecule has 1 fully saturated rings. The molecule has 0 aliphatic heterocycles. The van der Waals surface area contributed by atoms with Gasteiger partial charge in [-0.25, -0.2) is 4.98 Å². The Morgan fingerprint density at radius 3 is 2.60 bits per heavy atom. The average molecular weight is 216 g/mol. The molecular formula is C12H12N2S. The van der Waals surface area contributed by atoms with Crippen LogP contribution in [0.3, 0.4) is 0 Å². The van der Waals surface area contributed by atoms with Crippen molar-refractivity contribution in [2.45, 2.75) is 18.4 Å². The molecule has 1 heterocycles. The maximum Gasteiger partial charge on any atom is 0.183 e. The predicted molar refractivity (Wildman–Crippen MR) is 63.1 cm³/mol. The van der Waals surface area contributed by atoms with Gasteiger partial charge in [0, 0.05) is 11.6 Å². The summed E-state index contributed by atoms with van der Waals surface area (Å²) in [5.74, 6) is 0. The first kappa shape index (κ1) is 8.92. The zero-order chi connectivity index (χ0) is 10.1. The van der Waals surface area contributed by atoms with E-state index in [1.54, 1.807) is 11.3 Å². The standard InChI is InChI=1S/C12H12N2S/c1-2-4-10(5-3-1)12(6-7-12)14-11-13-8-9-15-11/h1-5,8-9H,6-7H2,(H,13,14). The minimum Gasteiger partial charge on any atom is -0.352 e. The fraction of sp³-hybridized carbons (Fsp3) is 0.250. The first-order valence-electron chi connectivity index (χ1n) is 5.12. The van der Waals surface area contributed by atoms with Gasteiger partial charge in [-0.3, -0.25) is 0 Å². The summed E-state index contributed by atoms with van der Waals surface area (Å²) in [5, 5.41) is 6.56. The maximum absolute atomic E-state index is 4.27. The second-order valence-corrected chi connectivity index (χ2v) is 4.80. The molecule has 0 amide bonds. The number of nitrogens with one attached hydrogen (secondary N) is 1. The Kier molecular flexibility index (Phi) is 1.99. The summed E-state index contributed by atoms with van der Waals surface area (Å²) in [5.41, 5.74) is 1.54. The predicted octanol–water partition coefficient (Wildman–Crippen LogP) is 3.24. The van der Waals surface area contributed by atoms with Gasteiger partial charge in [0.05, 0.1) is 5.54 Å². The number of nitrogens with zero attached hydrogens (tertiary/aromatic N) is 1. The van der Waals surface area contributed by atoms with Crippen LogP contribution in [0.5, 0.6) is 0 Å². The monoisotopic (exact) mass is 216 g/mol. The lowest BCUT2D eigenvalue weighted by molar-refractivity contribution is 0.806. The molecule has 1 aliphatic carbocycles. The van der Waals surface area contributed by atoms with Crippen LogP contribution in [0.4, 0.5) is 5.13 Å². The molecule has 1 aliphatic rings. The number of anilines is 1. The Bertz CT molecular complexity index is 432. The van der Waals surface area contributed by atoms with E-state index in [9.17, 15) is 0 Å². The molecule has 1 saturated carbocycles. The summed E-state index contributed by atoms with van der Waals surface area (Å²) in [4.78, 5) is 4.27. The van der Waals surface area contributed by atoms with Crippen LogP contribution in [0.1, 0.15) is 18.4 Å². The molecule has 1 aromatic heterocycles. The fourth-order valence-corrected chi connectivity index (χ4v) is 2.48. The van der Waals surface area contributed by atoms with Gasteiger partial charge in [-0.2, -0.15) is 0 Å². The number of rotatable bonds is 3. The van der Waals surface area contributed by atoms with Gasteiger partial charge < -0.3 is 5.32 Å². The van der Waals surface area contributed by atoms with Crippen molar-refractivity contribution in [3.8, 4) is 0 Å². The average Bonchev–Trinajstić information content (AvgIpc) is 2.88. The zero-order valence-corrected chi connectivity index (χ0v) is 9.13. The van der Waals surface area contributed by atoms with Crippen LogP contribution in [0.25, 0.3) is 0 Å². The molecule has 2 nitrogen and oxygen atoms in total. The molecule has 3 rings (SSSR count). The molecule has 1 N–H and O–H groups in total. The third kappa shape index (κ3) is 1.63. The summed E-state index contributed by atoms with van der Waals surface area (Å²) < 4.78 is 0. The highest BCUT2D eigenvalue weighted by molar-refractivity contribution is 7.13. The molecule has 0 radical (unpaired) electrons. The van der Waals surface area contributed by atoms with Crippen LogP contribution in [0.2, 0.25) is 0 Å². The normalized spacial score (nSPS) is 17.3. The van der Waals surface area contributed by atoms with E-state index < -0.39 is 0 Å². The molecule has 0 bridgehead atoms. The van der Waals surface area contributed by atoms with Crippen LogP contribution >= 0.6 is 11.3 Å². The quantitative estimate of drug-likeness (QED) is 0.852. The largest absolute Gasteiger partial charge is 0.352 e. The number of hydrogen-bond donors (Lipinski definition) is 1. The summed E-state index contributed by atoms with van der Waals surface area (Å²) in [6.45, 7) is 0. The maximum atomic E-state index is 4.27. The Balaban J connectivity index is 1.86. The number of hydrogen-bond acceptors (Lipinski definition) is 3. The van der Waals surface area contributed by atoms with E-state index in [4.69, 9.17) is 0 Å². The van der Waals surface area contributed by atoms with Crippen molar-refractivity contribution in [1.29, 1.82) is 0 Å². The van der Waals surface area contributed by atoms with Gasteiger partial charge in [0.25, 0.3) is 0 Å². The summed E-state index contributed by atoms with van der Waals surface area (Å²) in [6.07, 6.45) is 4.25. The first-order chi connectivity index (χ1) is 7.39. The van der Waals surface area contributed by atoms with Crippen LogP contribution in [0, 0.1) is 0 Å². The minimum atomic E-state index is 0.166. The van der Waals surface area contributed by atoms with Crippen molar-refractivity contribution in [3.63, 3.8) is 0 Å². The third-order valence-electron chi connectivity index (χ3n) is 2.85. The van der Waals surface area contributed by atoms with E-state index in [1.165, 1.54) is 18.4 Å². The molecule has 0 saturated heterocycles. The van der Waals surface area contributed by atoms with Crippen molar-refractivity contribution >= 4 is 16.5 Å². The highest BCUT2D eigenvalue weighted by Crippen LogP contribution is 2.48. The van der Waals surface area contributed by atoms with Crippen molar-refractivity contribution in [2.24, 2.45) is 0 Å². The fourth-order valence-electron chi connectivity index (χ4n) is 1.86. The molecule has 0 unspecified atom stereocenters. The van der Waals surface area contributed by atoms with Gasteiger partial charge in [0.2, 0.25) is 0 Å². The molecular weight excluding hydrogens is 204 g/mol. The van der Waals surface area contributed by atoms with E-state index in [0.29, 0.717) is 0 Å². The Labute approximate surface area is 93.0 Å². The lowest BCUT2D eigenvalue weighted by Gasteiger charge is -2.16. The second kappa shape index (κ2) is 3.35. The molecule has 15 heavy (non-hydrogen) atoms. The lowest BCUT2D eigenvalue weighted by Crippen LogP contribution is -2.18. The molecule has 3 heteroatoms. The lowest BCUT2D eigenvalue weighted by atomic mass is 10.1. The van der Waals surface area contributed by atoms with E-state index in [1.807, 2.05) is 11.6 Å². The number of aromatic nitrogens is 1. The van der Waals surface area contributed by atoms with Crippen LogP contribution in [-0.2, 0) is 5.54 Å². The molecule has 0 atom stereocenters. The van der Waals surface area contributed by atoms with Crippen molar-refractivity contribution in [3.05, 3.63) is 47.5 Å². The van der Waals surface area contributed by atoms with E-state index in [2.05, 4.69) is 40.6 Å². The van der Waals surface area contributed by atoms with E-state index in [0.717, 1.165) is 5.13 Å². The van der Waals surface area contributed by atoms with Crippen molar-refractivity contribution in [1.82, 2.24) is 4.98 Å². The summed E-state index contributed by atoms with van der Waals surface area (Å²) in [6, 6.07) is 10.6. The van der Waals surface area contributed by atoms with Gasteiger partial charge in [-0.1, -0.05) is 30.3 Å². The van der Waals surface area contributed by atoms with Crippen LogP contribution in [-0.4, -0.2) is 4.98 Å². The van der Waals surface area contributed by atoms with Gasteiger partial charge in [0.1, 0.15) is 0 Å². The number of thiazole rings is 1. The number of benzene rings is 1. The van der Waals surface area contributed by atoms with E-state index >= 15 is 0 Å². The minimum absolute atomic E-state index is 0.166. The highest BCUT2D eigenvalue weighted by atomic mass is 32.1. The van der Waals surface area contributed by atoms with Gasteiger partial charge in [0.15, 0.2) is 5.13 Å². The van der Waals surface area contributed by atoms with Crippen molar-refractivity contribution in [2.75, 3.05) is 5.32 Å². The van der Waals surface area contributed by atoms with Crippen LogP contribution < -0.4 is 5.32 Å². The molecule has 2 aromatic rings. The molecule has 76 valence electrons. The highest BCUT2D eigenvalue weighted by Gasteiger charge is 2.44. The second-order valence-electron chi connectivity index (χ2n) is 3.91. The Morgan fingerprint density at radius 1 is 1.20 bits per heavy atom. The van der Waals surface area contributed by atoms with Gasteiger partial charge in [-0.15, -0.1) is 11.3 Å². The summed E-state index contributed by atoms with van der Waals surface area (Å²) in [7, 11) is 0. The van der Waals surface area contributed by atoms with Crippen LogP contribution in [0.15, 0.2) is 41.9 Å². The summed E-state index contributed by atoms with van der Waals surface area (Å²) >= 11 is 1.66. The van der Waals surface area contributed by atoms with Gasteiger partial charge >= 0.3 is 0 Å². The Hall–Kier alpha value is -1.35. The topological polar surface area (TPSA) is 24.9 Å².